The molecule has 0 N–H and O–H groups in total. The molecule has 0 saturated carbocycles. The highest BCUT2D eigenvalue weighted by atomic mass is 33.1. The number of fused-ring (bicyclic) bond motifs is 10. The minimum Gasteiger partial charge on any atom is -0.106 e. The number of hydrogen-bond donors (Lipinski definition) is 0. The normalized spacial score (nSPS) is 21.0. The molecule has 2 unspecified atom stereocenters. The largest absolute Gasteiger partial charge is 0.106 e. The first-order chi connectivity index (χ1) is 29.7. The van der Waals surface area contributed by atoms with E-state index in [1.807, 2.05) is 0 Å². The first-order valence-corrected chi connectivity index (χ1v) is 25.3. The van der Waals surface area contributed by atoms with Gasteiger partial charge in [-0.15, -0.1) is 22.8 Å². The number of benzene rings is 8. The number of hydrogen-bond acceptors (Lipinski definition) is 2. The maximum atomic E-state index is 2.77. The van der Waals surface area contributed by atoms with Crippen LogP contribution in [0.15, 0.2) is 230 Å². The second kappa shape index (κ2) is 14.5. The summed E-state index contributed by atoms with van der Waals surface area (Å²) in [5.74, 6) is 0.130. The van der Waals surface area contributed by atoms with Crippen LogP contribution in [0.3, 0.4) is 0 Å². The smallest absolute Gasteiger partial charge is 0.0974 e. The van der Waals surface area contributed by atoms with E-state index in [9.17, 15) is 0 Å². The molecule has 286 valence electrons. The predicted octanol–water partition coefficient (Wildman–Crippen LogP) is 15.7. The highest BCUT2D eigenvalue weighted by molar-refractivity contribution is 8.89. The van der Waals surface area contributed by atoms with E-state index < -0.39 is 11.1 Å². The summed E-state index contributed by atoms with van der Waals surface area (Å²) in [7, 11) is 0. The zero-order valence-electron chi connectivity index (χ0n) is 33.0. The van der Waals surface area contributed by atoms with Crippen LogP contribution in [0.2, 0.25) is 0 Å². The molecule has 1 spiro atoms. The van der Waals surface area contributed by atoms with Crippen molar-refractivity contribution in [2.75, 3.05) is 6.16 Å². The summed E-state index contributed by atoms with van der Waals surface area (Å²) >= 11 is 4.51. The van der Waals surface area contributed by atoms with Crippen molar-refractivity contribution in [1.82, 2.24) is 0 Å². The minimum atomic E-state index is -0.662. The summed E-state index contributed by atoms with van der Waals surface area (Å²) in [5.41, 5.74) is 20.8. The van der Waals surface area contributed by atoms with Crippen molar-refractivity contribution in [2.45, 2.75) is 21.3 Å². The minimum absolute atomic E-state index is 0.0448. The Balaban J connectivity index is 1.22. The van der Waals surface area contributed by atoms with Gasteiger partial charge >= 0.3 is 0 Å². The monoisotopic (exact) mass is 820 g/mol. The van der Waals surface area contributed by atoms with E-state index in [4.69, 9.17) is 0 Å². The van der Waals surface area contributed by atoms with E-state index in [1.54, 1.807) is 5.57 Å². The van der Waals surface area contributed by atoms with Gasteiger partial charge < -0.3 is 0 Å². The third-order valence-corrected chi connectivity index (χ3v) is 21.1. The Morgan fingerprint density at radius 3 is 1.57 bits per heavy atom. The molecule has 1 saturated heterocycles. The SMILES string of the molecule is C(=C(/c1ccccc1)C1c2ccccc2-c2ccccc21)/C1(c2ccccc2)SP2CC(=C(c3ccccc3)C3(S2)c2ccccc2-c2ccccc23)[C@H]1c1ccccc1. The van der Waals surface area contributed by atoms with Gasteiger partial charge in [0.1, 0.15) is 0 Å². The van der Waals surface area contributed by atoms with Crippen molar-refractivity contribution in [3.8, 4) is 22.3 Å². The molecular formula is C57H41PS2. The van der Waals surface area contributed by atoms with Crippen molar-refractivity contribution in [1.29, 1.82) is 0 Å². The summed E-state index contributed by atoms with van der Waals surface area (Å²) in [5, 5.41) is 0. The molecule has 8 aromatic carbocycles. The van der Waals surface area contributed by atoms with Crippen LogP contribution in [0.25, 0.3) is 33.4 Å². The van der Waals surface area contributed by atoms with Gasteiger partial charge in [0.25, 0.3) is 0 Å². The average Bonchev–Trinajstić information content (AvgIpc) is 3.79. The Kier molecular flexibility index (Phi) is 8.78. The molecule has 2 aliphatic heterocycles. The van der Waals surface area contributed by atoms with Gasteiger partial charge in [-0.2, -0.15) is 0 Å². The fourth-order valence-electron chi connectivity index (χ4n) is 10.9. The highest BCUT2D eigenvalue weighted by Gasteiger charge is 2.59. The second-order valence-electron chi connectivity index (χ2n) is 16.3. The van der Waals surface area contributed by atoms with Crippen LogP contribution in [0, 0.1) is 0 Å². The predicted molar refractivity (Wildman–Crippen MR) is 258 cm³/mol. The van der Waals surface area contributed by atoms with E-state index in [2.05, 4.69) is 247 Å². The van der Waals surface area contributed by atoms with E-state index in [-0.39, 0.29) is 16.6 Å². The third-order valence-electron chi connectivity index (χ3n) is 13.2. The van der Waals surface area contributed by atoms with Crippen molar-refractivity contribution >= 4 is 40.2 Å². The molecule has 3 atom stereocenters. The molecular weight excluding hydrogens is 780 g/mol. The molecule has 60 heavy (non-hydrogen) atoms. The summed E-state index contributed by atoms with van der Waals surface area (Å²) in [4.78, 5) is 0. The van der Waals surface area contributed by atoms with Gasteiger partial charge in [0.15, 0.2) is 0 Å². The standard InChI is InChI=1S/C57H41PS2/c1-5-21-39(22-6-1)49(53-47-33-15-13-29-43(47)44-30-14-16-34-48(44)53)37-56(42-27-11-4-12-28-42)54(40-23-7-2-8-24-40)50-38-58(59-56)60-57(55(50)41-25-9-3-10-26-41)51-35-19-17-31-45(51)46-32-18-20-36-52(46)57/h1-37,53-54H,38H2/b49-37+/t54-,56?,58?/m1/s1. The fraction of sp³-hybridized carbons (Fsp3) is 0.0877. The quantitative estimate of drug-likeness (QED) is 0.153. The van der Waals surface area contributed by atoms with Crippen LogP contribution >= 0.6 is 29.1 Å². The van der Waals surface area contributed by atoms with Crippen LogP contribution in [0.1, 0.15) is 56.3 Å². The second-order valence-corrected chi connectivity index (χ2v) is 23.4. The zero-order chi connectivity index (χ0) is 39.7. The van der Waals surface area contributed by atoms with Crippen LogP contribution < -0.4 is 0 Å². The average molecular weight is 821 g/mol. The Labute approximate surface area is 362 Å². The van der Waals surface area contributed by atoms with Gasteiger partial charge in [-0.1, -0.05) is 224 Å². The van der Waals surface area contributed by atoms with Gasteiger partial charge in [0.2, 0.25) is 0 Å². The van der Waals surface area contributed by atoms with Crippen LogP contribution in [-0.2, 0) is 9.49 Å². The topological polar surface area (TPSA) is 0 Å². The molecule has 0 aromatic heterocycles. The van der Waals surface area contributed by atoms with Crippen molar-refractivity contribution in [3.05, 3.63) is 275 Å². The molecule has 12 rings (SSSR count). The van der Waals surface area contributed by atoms with Gasteiger partial charge in [0.05, 0.1) is 9.49 Å². The summed E-state index contributed by atoms with van der Waals surface area (Å²) in [6.45, 7) is 0. The van der Waals surface area contributed by atoms with Crippen LogP contribution in [0.5, 0.6) is 0 Å². The molecule has 4 aliphatic rings. The lowest BCUT2D eigenvalue weighted by molar-refractivity contribution is 0.643. The molecule has 1 fully saturated rings. The van der Waals surface area contributed by atoms with E-state index in [0.29, 0.717) is 0 Å². The Bertz CT molecular complexity index is 2880. The number of allylic oxidation sites excluding steroid dienone is 2. The lowest BCUT2D eigenvalue weighted by atomic mass is 9.69. The maximum Gasteiger partial charge on any atom is 0.0974 e. The Morgan fingerprint density at radius 1 is 0.483 bits per heavy atom. The third kappa shape index (κ3) is 5.44. The van der Waals surface area contributed by atoms with Gasteiger partial charge in [-0.3, -0.25) is 0 Å². The van der Waals surface area contributed by atoms with Crippen molar-refractivity contribution < 1.29 is 0 Å². The molecule has 0 amide bonds. The Morgan fingerprint density at radius 2 is 0.967 bits per heavy atom. The first-order valence-electron chi connectivity index (χ1n) is 21.0. The molecule has 2 bridgehead atoms. The Hall–Kier alpha value is -5.63. The summed E-state index contributed by atoms with van der Waals surface area (Å²) in [6, 6.07) is 82.6. The van der Waals surface area contributed by atoms with Crippen molar-refractivity contribution in [3.63, 3.8) is 0 Å². The lowest BCUT2D eigenvalue weighted by Gasteiger charge is -2.54. The molecule has 3 heteroatoms. The highest BCUT2D eigenvalue weighted by Crippen LogP contribution is 2.85. The lowest BCUT2D eigenvalue weighted by Crippen LogP contribution is -2.39. The van der Waals surface area contributed by atoms with Gasteiger partial charge in [-0.05, 0) is 83.5 Å². The summed E-state index contributed by atoms with van der Waals surface area (Å²) in [6.07, 6.45) is 3.18. The first kappa shape index (κ1) is 36.2. The maximum absolute atomic E-state index is 2.77. The van der Waals surface area contributed by atoms with Crippen LogP contribution in [0.4, 0.5) is 0 Å². The molecule has 2 aliphatic carbocycles. The number of rotatable bonds is 6. The van der Waals surface area contributed by atoms with E-state index in [1.165, 1.54) is 77.9 Å². The molecule has 8 aromatic rings. The van der Waals surface area contributed by atoms with E-state index in [0.717, 1.165) is 6.16 Å². The van der Waals surface area contributed by atoms with Crippen LogP contribution in [-0.4, -0.2) is 6.16 Å². The summed E-state index contributed by atoms with van der Waals surface area (Å²) < 4.78 is -0.780. The zero-order valence-corrected chi connectivity index (χ0v) is 35.5. The van der Waals surface area contributed by atoms with E-state index >= 15 is 0 Å². The van der Waals surface area contributed by atoms with Crippen molar-refractivity contribution in [2.24, 2.45) is 0 Å². The molecule has 2 heterocycles. The molecule has 0 nitrogen and oxygen atoms in total. The van der Waals surface area contributed by atoms with Gasteiger partial charge in [0, 0.05) is 24.3 Å². The molecule has 0 radical (unpaired) electrons. The van der Waals surface area contributed by atoms with Gasteiger partial charge in [-0.25, -0.2) is 0 Å². The fourth-order valence-corrected chi connectivity index (χ4v) is 21.4.